The van der Waals surface area contributed by atoms with Crippen molar-refractivity contribution >= 4 is 46.9 Å². The third-order valence-electron chi connectivity index (χ3n) is 5.77. The average Bonchev–Trinajstić information content (AvgIpc) is 3.14. The van der Waals surface area contributed by atoms with Gasteiger partial charge in [0.1, 0.15) is 0 Å². The molecule has 31 heavy (non-hydrogen) atoms. The quantitative estimate of drug-likeness (QED) is 0.601. The highest BCUT2D eigenvalue weighted by Crippen LogP contribution is 2.46. The maximum Gasteiger partial charge on any atom is 0.303 e. The number of hydrogen-bond donors (Lipinski definition) is 1. The number of hydrogen-bond acceptors (Lipinski definition) is 3. The fourth-order valence-corrected chi connectivity index (χ4v) is 4.78. The second-order valence-corrected chi connectivity index (χ2v) is 8.59. The highest BCUT2D eigenvalue weighted by atomic mass is 35.5. The first-order valence-corrected chi connectivity index (χ1v) is 11.0. The van der Waals surface area contributed by atoms with Crippen LogP contribution >= 0.6 is 23.2 Å². The predicted octanol–water partition coefficient (Wildman–Crippen LogP) is 5.98. The summed E-state index contributed by atoms with van der Waals surface area (Å²) in [6.07, 6.45) is 4.37. The van der Waals surface area contributed by atoms with E-state index in [0.29, 0.717) is 10.0 Å². The lowest BCUT2D eigenvalue weighted by Gasteiger charge is -2.30. The van der Waals surface area contributed by atoms with E-state index in [1.54, 1.807) is 6.07 Å². The SMILES string of the molecule is O=C(O)CCC(=O)N1N=C2/C(=C/c3ccccc3Cl)CCC[C@@H]2[C@H]1c1ccccc1Cl. The molecule has 0 aromatic heterocycles. The van der Waals surface area contributed by atoms with Gasteiger partial charge < -0.3 is 5.11 Å². The minimum atomic E-state index is -1.01. The number of amides is 1. The van der Waals surface area contributed by atoms with Crippen LogP contribution in [0.2, 0.25) is 10.0 Å². The molecule has 4 rings (SSSR count). The lowest BCUT2D eigenvalue weighted by atomic mass is 9.77. The summed E-state index contributed by atoms with van der Waals surface area (Å²) in [5.74, 6) is -1.33. The van der Waals surface area contributed by atoms with Gasteiger partial charge in [-0.2, -0.15) is 5.10 Å². The van der Waals surface area contributed by atoms with Crippen molar-refractivity contribution in [2.75, 3.05) is 0 Å². The largest absolute Gasteiger partial charge is 0.481 e. The van der Waals surface area contributed by atoms with Crippen molar-refractivity contribution in [2.24, 2.45) is 11.0 Å². The zero-order chi connectivity index (χ0) is 22.0. The standard InChI is InChI=1S/C24H22Cl2N2O3/c25-19-10-3-1-6-15(19)14-16-7-5-9-18-23(16)27-28(21(29)12-13-22(30)31)24(18)17-8-2-4-11-20(17)26/h1-4,6,8,10-11,14,18,24H,5,7,9,12-13H2,(H,30,31)/b16-14+/t18-,24+/m0/s1. The third-order valence-corrected chi connectivity index (χ3v) is 6.46. The molecule has 0 saturated heterocycles. The van der Waals surface area contributed by atoms with E-state index in [1.165, 1.54) is 5.01 Å². The smallest absolute Gasteiger partial charge is 0.303 e. The van der Waals surface area contributed by atoms with Crippen LogP contribution in [-0.4, -0.2) is 27.7 Å². The second kappa shape index (κ2) is 9.25. The number of halogens is 2. The number of aliphatic carboxylic acids is 1. The number of carboxylic acids is 1. The summed E-state index contributed by atoms with van der Waals surface area (Å²) < 4.78 is 0. The molecule has 1 aliphatic carbocycles. The lowest BCUT2D eigenvalue weighted by molar-refractivity contribution is -0.141. The summed E-state index contributed by atoms with van der Waals surface area (Å²) >= 11 is 12.9. The molecular formula is C24H22Cl2N2O3. The van der Waals surface area contributed by atoms with Crippen molar-refractivity contribution in [3.05, 3.63) is 75.3 Å². The normalized spacial score (nSPS) is 21.7. The fraction of sp³-hybridized carbons (Fsp3) is 0.292. The van der Waals surface area contributed by atoms with Gasteiger partial charge in [0.25, 0.3) is 0 Å². The van der Waals surface area contributed by atoms with Crippen molar-refractivity contribution in [3.8, 4) is 0 Å². The molecule has 0 radical (unpaired) electrons. The van der Waals surface area contributed by atoms with Crippen LogP contribution < -0.4 is 0 Å². The van der Waals surface area contributed by atoms with Crippen molar-refractivity contribution in [1.82, 2.24) is 5.01 Å². The van der Waals surface area contributed by atoms with E-state index >= 15 is 0 Å². The number of carbonyl (C=O) groups excluding carboxylic acids is 1. The predicted molar refractivity (Wildman–Crippen MR) is 122 cm³/mol. The zero-order valence-corrected chi connectivity index (χ0v) is 18.3. The van der Waals surface area contributed by atoms with Crippen LogP contribution in [-0.2, 0) is 9.59 Å². The van der Waals surface area contributed by atoms with Crippen molar-refractivity contribution in [1.29, 1.82) is 0 Å². The minimum absolute atomic E-state index is 0.00355. The summed E-state index contributed by atoms with van der Waals surface area (Å²) in [5.41, 5.74) is 3.65. The lowest BCUT2D eigenvalue weighted by Crippen LogP contribution is -2.32. The van der Waals surface area contributed by atoms with Gasteiger partial charge in [0, 0.05) is 22.4 Å². The Hall–Kier alpha value is -2.63. The molecule has 0 spiro atoms. The van der Waals surface area contributed by atoms with Gasteiger partial charge in [-0.05, 0) is 54.2 Å². The Labute approximate surface area is 191 Å². The molecule has 1 aliphatic heterocycles. The molecule has 1 heterocycles. The molecule has 2 aromatic rings. The van der Waals surface area contributed by atoms with Gasteiger partial charge in [-0.15, -0.1) is 0 Å². The summed E-state index contributed by atoms with van der Waals surface area (Å²) in [6, 6.07) is 14.7. The van der Waals surface area contributed by atoms with Crippen LogP contribution in [0.15, 0.2) is 59.2 Å². The Kier molecular flexibility index (Phi) is 6.44. The van der Waals surface area contributed by atoms with Crippen LogP contribution in [0, 0.1) is 5.92 Å². The summed E-state index contributed by atoms with van der Waals surface area (Å²) in [6.45, 7) is 0. The highest BCUT2D eigenvalue weighted by Gasteiger charge is 2.44. The fourth-order valence-electron chi connectivity index (χ4n) is 4.34. The van der Waals surface area contributed by atoms with E-state index in [-0.39, 0.29) is 30.7 Å². The molecule has 2 aliphatic rings. The first-order chi connectivity index (χ1) is 15.0. The molecule has 0 bridgehead atoms. The van der Waals surface area contributed by atoms with Gasteiger partial charge in [-0.3, -0.25) is 9.59 Å². The van der Waals surface area contributed by atoms with Crippen molar-refractivity contribution < 1.29 is 14.7 Å². The Morgan fingerprint density at radius 1 is 1.06 bits per heavy atom. The third kappa shape index (κ3) is 4.53. The molecule has 1 saturated carbocycles. The molecule has 1 N–H and O–H groups in total. The van der Waals surface area contributed by atoms with E-state index < -0.39 is 5.97 Å². The Morgan fingerprint density at radius 3 is 2.48 bits per heavy atom. The van der Waals surface area contributed by atoms with E-state index in [1.807, 2.05) is 48.5 Å². The molecule has 5 nitrogen and oxygen atoms in total. The maximum atomic E-state index is 13.0. The van der Waals surface area contributed by atoms with Crippen LogP contribution in [0.5, 0.6) is 0 Å². The Bertz CT molecular complexity index is 1080. The topological polar surface area (TPSA) is 70.0 Å². The number of carboxylic acid groups (broad SMARTS) is 1. The molecule has 1 amide bonds. The van der Waals surface area contributed by atoms with E-state index in [2.05, 4.69) is 0 Å². The molecular weight excluding hydrogens is 435 g/mol. The maximum absolute atomic E-state index is 13.0. The van der Waals surface area contributed by atoms with E-state index in [4.69, 9.17) is 33.4 Å². The highest BCUT2D eigenvalue weighted by molar-refractivity contribution is 6.32. The molecule has 2 atom stereocenters. The molecule has 2 aromatic carbocycles. The number of rotatable bonds is 5. The molecule has 0 unspecified atom stereocenters. The number of hydrazone groups is 1. The average molecular weight is 457 g/mol. The number of fused-ring (bicyclic) bond motifs is 1. The van der Waals surface area contributed by atoms with Crippen LogP contribution in [0.1, 0.15) is 49.3 Å². The number of benzene rings is 2. The first kappa shape index (κ1) is 21.6. The van der Waals surface area contributed by atoms with Gasteiger partial charge >= 0.3 is 5.97 Å². The van der Waals surface area contributed by atoms with Gasteiger partial charge in [0.15, 0.2) is 0 Å². The number of nitrogens with zero attached hydrogens (tertiary/aromatic N) is 2. The molecule has 7 heteroatoms. The van der Waals surface area contributed by atoms with Gasteiger partial charge in [-0.25, -0.2) is 5.01 Å². The van der Waals surface area contributed by atoms with Gasteiger partial charge in [0.2, 0.25) is 5.91 Å². The number of carbonyl (C=O) groups is 2. The van der Waals surface area contributed by atoms with E-state index in [9.17, 15) is 9.59 Å². The Morgan fingerprint density at radius 2 is 1.77 bits per heavy atom. The van der Waals surface area contributed by atoms with Gasteiger partial charge in [0.05, 0.1) is 18.2 Å². The first-order valence-electron chi connectivity index (χ1n) is 10.3. The summed E-state index contributed by atoms with van der Waals surface area (Å²) in [5, 5.41) is 16.4. The van der Waals surface area contributed by atoms with Gasteiger partial charge in [-0.1, -0.05) is 59.6 Å². The number of allylic oxidation sites excluding steroid dienone is 1. The second-order valence-electron chi connectivity index (χ2n) is 7.77. The zero-order valence-electron chi connectivity index (χ0n) is 16.8. The molecule has 1 fully saturated rings. The van der Waals surface area contributed by atoms with Crippen molar-refractivity contribution in [2.45, 2.75) is 38.1 Å². The molecule has 160 valence electrons. The minimum Gasteiger partial charge on any atom is -0.481 e. The summed E-state index contributed by atoms with van der Waals surface area (Å²) in [7, 11) is 0. The van der Waals surface area contributed by atoms with Crippen LogP contribution in [0.4, 0.5) is 0 Å². The van der Waals surface area contributed by atoms with Crippen LogP contribution in [0.3, 0.4) is 0 Å². The van der Waals surface area contributed by atoms with Crippen molar-refractivity contribution in [3.63, 3.8) is 0 Å². The summed E-state index contributed by atoms with van der Waals surface area (Å²) in [4.78, 5) is 24.0. The van der Waals surface area contributed by atoms with E-state index in [0.717, 1.165) is 41.7 Å². The monoisotopic (exact) mass is 456 g/mol. The van der Waals surface area contributed by atoms with Crippen LogP contribution in [0.25, 0.3) is 6.08 Å². The Balaban J connectivity index is 1.75.